The third kappa shape index (κ3) is 4.28. The number of aromatic nitrogens is 3. The molecule has 29 heavy (non-hydrogen) atoms. The first-order chi connectivity index (χ1) is 14.2. The number of thioether (sulfide) groups is 2. The number of methoxy groups -OCH3 is 1. The number of carbonyl (C=O) groups excluding carboxylic acids is 1. The number of para-hydroxylation sites is 3. The molecule has 1 aromatic heterocycles. The zero-order valence-corrected chi connectivity index (χ0v) is 17.9. The average molecular weight is 427 g/mol. The van der Waals surface area contributed by atoms with Crippen LogP contribution in [0, 0.1) is 0 Å². The lowest BCUT2D eigenvalue weighted by atomic mass is 10.2. The van der Waals surface area contributed by atoms with Crippen LogP contribution >= 0.6 is 23.5 Å². The summed E-state index contributed by atoms with van der Waals surface area (Å²) >= 11 is 3.22. The predicted molar refractivity (Wildman–Crippen MR) is 117 cm³/mol. The van der Waals surface area contributed by atoms with Crippen LogP contribution in [0.2, 0.25) is 0 Å². The Bertz CT molecular complexity index is 1010. The van der Waals surface area contributed by atoms with Gasteiger partial charge in [-0.25, -0.2) is 0 Å². The van der Waals surface area contributed by atoms with Crippen LogP contribution in [-0.2, 0) is 4.79 Å². The number of amides is 1. The number of hydrogen-bond donors (Lipinski definition) is 0. The minimum absolute atomic E-state index is 0.0757. The number of rotatable bonds is 5. The molecule has 0 aliphatic carbocycles. The van der Waals surface area contributed by atoms with Crippen molar-refractivity contribution in [3.63, 3.8) is 0 Å². The number of carbonyl (C=O) groups is 1. The van der Waals surface area contributed by atoms with E-state index in [1.807, 2.05) is 63.7 Å². The van der Waals surface area contributed by atoms with Crippen molar-refractivity contribution in [3.8, 4) is 11.4 Å². The number of anilines is 1. The quantitative estimate of drug-likeness (QED) is 0.568. The van der Waals surface area contributed by atoms with Gasteiger partial charge in [0, 0.05) is 16.7 Å². The molecule has 1 atom stereocenters. The number of fused-ring (bicyclic) bond motifs is 1. The second kappa shape index (κ2) is 8.92. The lowest BCUT2D eigenvalue weighted by Crippen LogP contribution is -2.33. The van der Waals surface area contributed by atoms with Crippen LogP contribution in [-0.4, -0.2) is 45.3 Å². The molecule has 1 aliphatic heterocycles. The molecular formula is C21H22N4O2S2. The minimum Gasteiger partial charge on any atom is -0.495 e. The number of hydrogen-bond acceptors (Lipinski definition) is 6. The van der Waals surface area contributed by atoms with Crippen molar-refractivity contribution in [2.24, 2.45) is 0 Å². The summed E-state index contributed by atoms with van der Waals surface area (Å²) in [6, 6.07) is 15.8. The summed E-state index contributed by atoms with van der Waals surface area (Å²) in [6.07, 6.45) is 2.61. The van der Waals surface area contributed by atoms with Crippen LogP contribution in [0.15, 0.2) is 64.9 Å². The van der Waals surface area contributed by atoms with Gasteiger partial charge in [-0.3, -0.25) is 9.36 Å². The van der Waals surface area contributed by atoms with Crippen molar-refractivity contribution < 1.29 is 9.53 Å². The molecule has 0 saturated heterocycles. The van der Waals surface area contributed by atoms with Gasteiger partial charge < -0.3 is 9.64 Å². The van der Waals surface area contributed by atoms with Crippen LogP contribution in [0.25, 0.3) is 5.69 Å². The summed E-state index contributed by atoms with van der Waals surface area (Å²) < 4.78 is 7.30. The first-order valence-corrected chi connectivity index (χ1v) is 11.3. The largest absolute Gasteiger partial charge is 0.495 e. The Morgan fingerprint density at radius 2 is 1.97 bits per heavy atom. The average Bonchev–Trinajstić information content (AvgIpc) is 3.14. The highest BCUT2D eigenvalue weighted by atomic mass is 32.2. The lowest BCUT2D eigenvalue weighted by molar-refractivity contribution is -0.116. The Kier molecular flexibility index (Phi) is 6.10. The Morgan fingerprint density at radius 1 is 1.21 bits per heavy atom. The van der Waals surface area contributed by atoms with Crippen molar-refractivity contribution >= 4 is 35.1 Å². The van der Waals surface area contributed by atoms with Gasteiger partial charge in [0.1, 0.15) is 12.1 Å². The molecule has 4 rings (SSSR count). The van der Waals surface area contributed by atoms with Crippen molar-refractivity contribution in [3.05, 3.63) is 54.9 Å². The van der Waals surface area contributed by atoms with Gasteiger partial charge in [-0.05, 0) is 30.7 Å². The molecule has 0 unspecified atom stereocenters. The Labute approximate surface area is 178 Å². The summed E-state index contributed by atoms with van der Waals surface area (Å²) in [7, 11) is 1.63. The molecule has 0 N–H and O–H groups in total. The number of benzene rings is 2. The standard InChI is InChI=1S/C21H22N4O2S2/c1-15-11-12-24(17-8-4-6-10-19(17)29-15)20(26)13-28-21-23-22-14-25(21)16-7-3-5-9-18(16)27-2/h3-10,14-15H,11-13H2,1-2H3/t15-/m1/s1. The van der Waals surface area contributed by atoms with E-state index >= 15 is 0 Å². The van der Waals surface area contributed by atoms with Crippen LogP contribution in [0.4, 0.5) is 5.69 Å². The molecule has 1 aliphatic rings. The Morgan fingerprint density at radius 3 is 2.79 bits per heavy atom. The Balaban J connectivity index is 1.52. The second-order valence-electron chi connectivity index (χ2n) is 6.67. The van der Waals surface area contributed by atoms with Gasteiger partial charge in [0.05, 0.1) is 24.2 Å². The zero-order chi connectivity index (χ0) is 20.2. The summed E-state index contributed by atoms with van der Waals surface area (Å²) in [5.74, 6) is 1.10. The monoisotopic (exact) mass is 426 g/mol. The molecule has 3 aromatic rings. The van der Waals surface area contributed by atoms with E-state index in [9.17, 15) is 4.79 Å². The maximum atomic E-state index is 13.1. The summed E-state index contributed by atoms with van der Waals surface area (Å²) in [5, 5.41) is 9.38. The minimum atomic E-state index is 0.0757. The van der Waals surface area contributed by atoms with E-state index in [1.165, 1.54) is 11.8 Å². The van der Waals surface area contributed by atoms with E-state index in [2.05, 4.69) is 23.2 Å². The molecule has 6 nitrogen and oxygen atoms in total. The van der Waals surface area contributed by atoms with Crippen LogP contribution in [0.3, 0.4) is 0 Å². The van der Waals surface area contributed by atoms with Crippen LogP contribution < -0.4 is 9.64 Å². The molecule has 8 heteroatoms. The highest BCUT2D eigenvalue weighted by Crippen LogP contribution is 2.37. The summed E-state index contributed by atoms with van der Waals surface area (Å²) in [6.45, 7) is 2.93. The van der Waals surface area contributed by atoms with Gasteiger partial charge in [0.25, 0.3) is 0 Å². The molecule has 1 amide bonds. The maximum Gasteiger partial charge on any atom is 0.237 e. The van der Waals surface area contributed by atoms with E-state index < -0.39 is 0 Å². The normalized spacial score (nSPS) is 16.2. The highest BCUT2D eigenvalue weighted by Gasteiger charge is 2.24. The van der Waals surface area contributed by atoms with Crippen LogP contribution in [0.1, 0.15) is 13.3 Å². The fraction of sp³-hybridized carbons (Fsp3) is 0.286. The first-order valence-electron chi connectivity index (χ1n) is 9.39. The molecule has 2 heterocycles. The number of nitrogens with zero attached hydrogens (tertiary/aromatic N) is 4. The summed E-state index contributed by atoms with van der Waals surface area (Å²) in [4.78, 5) is 16.2. The Hall–Kier alpha value is -2.45. The molecule has 0 saturated carbocycles. The fourth-order valence-electron chi connectivity index (χ4n) is 3.27. The van der Waals surface area contributed by atoms with Crippen molar-refractivity contribution in [1.82, 2.24) is 14.8 Å². The SMILES string of the molecule is COc1ccccc1-n1cnnc1SCC(=O)N1CC[C@@H](C)Sc2ccccc21. The van der Waals surface area contributed by atoms with Crippen molar-refractivity contribution in [2.45, 2.75) is 28.6 Å². The van der Waals surface area contributed by atoms with Crippen molar-refractivity contribution in [1.29, 1.82) is 0 Å². The van der Waals surface area contributed by atoms with E-state index in [1.54, 1.807) is 13.4 Å². The fourth-order valence-corrected chi connectivity index (χ4v) is 5.18. The van der Waals surface area contributed by atoms with Gasteiger partial charge in [-0.15, -0.1) is 22.0 Å². The topological polar surface area (TPSA) is 60.2 Å². The molecule has 0 fully saturated rings. The van der Waals surface area contributed by atoms with Gasteiger partial charge in [0.15, 0.2) is 5.16 Å². The summed E-state index contributed by atoms with van der Waals surface area (Å²) in [5.41, 5.74) is 1.85. The van der Waals surface area contributed by atoms with Crippen molar-refractivity contribution in [2.75, 3.05) is 24.3 Å². The molecule has 0 radical (unpaired) electrons. The van der Waals surface area contributed by atoms with Gasteiger partial charge in [-0.1, -0.05) is 43.0 Å². The highest BCUT2D eigenvalue weighted by molar-refractivity contribution is 8.00. The van der Waals surface area contributed by atoms with Gasteiger partial charge in [0.2, 0.25) is 5.91 Å². The molecular weight excluding hydrogens is 404 g/mol. The third-order valence-electron chi connectivity index (χ3n) is 4.73. The molecule has 2 aromatic carbocycles. The van der Waals surface area contributed by atoms with Crippen LogP contribution in [0.5, 0.6) is 5.75 Å². The third-order valence-corrected chi connectivity index (χ3v) is 6.90. The smallest absolute Gasteiger partial charge is 0.237 e. The maximum absolute atomic E-state index is 13.1. The second-order valence-corrected chi connectivity index (χ2v) is 9.10. The first kappa shape index (κ1) is 19.8. The zero-order valence-electron chi connectivity index (χ0n) is 16.3. The molecule has 150 valence electrons. The lowest BCUT2D eigenvalue weighted by Gasteiger charge is -2.22. The van der Waals surface area contributed by atoms with E-state index in [0.29, 0.717) is 16.2 Å². The van der Waals surface area contributed by atoms with E-state index in [-0.39, 0.29) is 5.91 Å². The van der Waals surface area contributed by atoms with E-state index in [0.717, 1.165) is 35.0 Å². The molecule has 0 spiro atoms. The van der Waals surface area contributed by atoms with Gasteiger partial charge in [-0.2, -0.15) is 0 Å². The predicted octanol–water partition coefficient (Wildman–Crippen LogP) is 4.29. The number of ether oxygens (including phenoxy) is 1. The van der Waals surface area contributed by atoms with E-state index in [4.69, 9.17) is 4.74 Å². The molecule has 0 bridgehead atoms. The van der Waals surface area contributed by atoms with Gasteiger partial charge >= 0.3 is 0 Å².